The molecular weight excluding hydrogens is 202 g/mol. The molecule has 1 N–H and O–H groups in total. The minimum absolute atomic E-state index is 0.164. The Kier molecular flexibility index (Phi) is 3.45. The van der Waals surface area contributed by atoms with Gasteiger partial charge in [0.1, 0.15) is 0 Å². The van der Waals surface area contributed by atoms with Crippen molar-refractivity contribution in [1.29, 1.82) is 5.26 Å². The van der Waals surface area contributed by atoms with Gasteiger partial charge in [0.05, 0.1) is 18.4 Å². The highest BCUT2D eigenvalue weighted by Gasteiger charge is 2.43. The first kappa shape index (κ1) is 11.4. The fourth-order valence-corrected chi connectivity index (χ4v) is 2.94. The third kappa shape index (κ3) is 2.05. The lowest BCUT2D eigenvalue weighted by Crippen LogP contribution is -2.41. The lowest BCUT2D eigenvalue weighted by atomic mass is 9.88. The molecule has 0 aromatic heterocycles. The molecule has 88 valence electrons. The third-order valence-corrected chi connectivity index (χ3v) is 3.80. The van der Waals surface area contributed by atoms with Crippen LogP contribution in [0, 0.1) is 17.2 Å². The van der Waals surface area contributed by atoms with Crippen molar-refractivity contribution < 1.29 is 4.79 Å². The Balaban J connectivity index is 1.93. The van der Waals surface area contributed by atoms with E-state index in [9.17, 15) is 4.79 Å². The zero-order chi connectivity index (χ0) is 11.5. The van der Waals surface area contributed by atoms with Gasteiger partial charge in [-0.2, -0.15) is 5.26 Å². The maximum Gasteiger partial charge on any atom is 0.227 e. The van der Waals surface area contributed by atoms with Crippen LogP contribution in [0.4, 0.5) is 0 Å². The molecule has 1 amide bonds. The van der Waals surface area contributed by atoms with Crippen LogP contribution in [0.1, 0.15) is 32.6 Å². The van der Waals surface area contributed by atoms with Gasteiger partial charge in [0.15, 0.2) is 0 Å². The average Bonchev–Trinajstić information content (AvgIpc) is 2.91. The van der Waals surface area contributed by atoms with Gasteiger partial charge in [-0.05, 0) is 26.2 Å². The first-order chi connectivity index (χ1) is 7.76. The number of hydrogen-bond acceptors (Lipinski definition) is 3. The van der Waals surface area contributed by atoms with Crippen molar-refractivity contribution in [2.75, 3.05) is 13.1 Å². The summed E-state index contributed by atoms with van der Waals surface area (Å²) in [5.74, 6) is 0.412. The SMILES string of the molecule is CCN(CCC#N)C(=O)C1CC2CCC1N2. The number of hydrogen-bond donors (Lipinski definition) is 1. The van der Waals surface area contributed by atoms with Crippen molar-refractivity contribution in [3.8, 4) is 6.07 Å². The van der Waals surface area contributed by atoms with E-state index in [2.05, 4.69) is 11.4 Å². The van der Waals surface area contributed by atoms with Gasteiger partial charge < -0.3 is 10.2 Å². The maximum absolute atomic E-state index is 12.2. The van der Waals surface area contributed by atoms with Crippen LogP contribution < -0.4 is 5.32 Å². The molecule has 4 nitrogen and oxygen atoms in total. The molecule has 2 saturated heterocycles. The summed E-state index contributed by atoms with van der Waals surface area (Å²) in [5.41, 5.74) is 0. The van der Waals surface area contributed by atoms with Gasteiger partial charge in [-0.25, -0.2) is 0 Å². The van der Waals surface area contributed by atoms with Crippen LogP contribution >= 0.6 is 0 Å². The molecule has 0 aromatic rings. The van der Waals surface area contributed by atoms with Gasteiger partial charge in [-0.1, -0.05) is 0 Å². The van der Waals surface area contributed by atoms with E-state index in [1.54, 1.807) is 0 Å². The van der Waals surface area contributed by atoms with Crippen LogP contribution in [0.2, 0.25) is 0 Å². The van der Waals surface area contributed by atoms with Crippen molar-refractivity contribution in [2.24, 2.45) is 5.92 Å². The highest BCUT2D eigenvalue weighted by Crippen LogP contribution is 2.34. The van der Waals surface area contributed by atoms with Gasteiger partial charge >= 0.3 is 0 Å². The molecule has 3 atom stereocenters. The number of nitrogens with zero attached hydrogens (tertiary/aromatic N) is 2. The predicted molar refractivity (Wildman–Crippen MR) is 60.5 cm³/mol. The van der Waals surface area contributed by atoms with Gasteiger partial charge in [0.2, 0.25) is 5.91 Å². The van der Waals surface area contributed by atoms with Crippen LogP contribution in [0.5, 0.6) is 0 Å². The minimum Gasteiger partial charge on any atom is -0.342 e. The summed E-state index contributed by atoms with van der Waals surface area (Å²) in [6.45, 7) is 3.28. The Bertz CT molecular complexity index is 310. The molecule has 2 aliphatic rings. The lowest BCUT2D eigenvalue weighted by Gasteiger charge is -2.27. The smallest absolute Gasteiger partial charge is 0.227 e. The Labute approximate surface area is 96.6 Å². The second-order valence-electron chi connectivity index (χ2n) is 4.72. The zero-order valence-electron chi connectivity index (χ0n) is 9.78. The summed E-state index contributed by atoms with van der Waals surface area (Å²) in [7, 11) is 0. The molecule has 2 heterocycles. The van der Waals surface area contributed by atoms with Crippen LogP contribution in [-0.4, -0.2) is 36.0 Å². The topological polar surface area (TPSA) is 56.1 Å². The summed E-state index contributed by atoms with van der Waals surface area (Å²) in [5, 5.41) is 12.0. The molecule has 16 heavy (non-hydrogen) atoms. The number of carbonyl (C=O) groups excluding carboxylic acids is 1. The molecule has 4 heteroatoms. The van der Waals surface area contributed by atoms with Gasteiger partial charge in [-0.3, -0.25) is 4.79 Å². The van der Waals surface area contributed by atoms with E-state index < -0.39 is 0 Å². The standard InChI is InChI=1S/C12H19N3O/c1-2-15(7-3-6-13)12(16)10-8-9-4-5-11(10)14-9/h9-11,14H,2-5,7-8H2,1H3. The minimum atomic E-state index is 0.164. The van der Waals surface area contributed by atoms with E-state index in [4.69, 9.17) is 5.26 Å². The summed E-state index contributed by atoms with van der Waals surface area (Å²) >= 11 is 0. The molecular formula is C12H19N3O. The molecule has 2 rings (SSSR count). The quantitative estimate of drug-likeness (QED) is 0.767. The lowest BCUT2D eigenvalue weighted by molar-refractivity contribution is -0.135. The van der Waals surface area contributed by atoms with Crippen molar-refractivity contribution in [2.45, 2.75) is 44.7 Å². The van der Waals surface area contributed by atoms with E-state index in [0.717, 1.165) is 12.8 Å². The number of carbonyl (C=O) groups is 1. The Morgan fingerprint density at radius 1 is 1.56 bits per heavy atom. The van der Waals surface area contributed by atoms with E-state index in [1.807, 2.05) is 11.8 Å². The molecule has 0 spiro atoms. The van der Waals surface area contributed by atoms with E-state index in [-0.39, 0.29) is 11.8 Å². The van der Waals surface area contributed by atoms with Crippen LogP contribution in [0.15, 0.2) is 0 Å². The third-order valence-electron chi connectivity index (χ3n) is 3.80. The number of amides is 1. The van der Waals surface area contributed by atoms with Crippen molar-refractivity contribution in [3.63, 3.8) is 0 Å². The van der Waals surface area contributed by atoms with Gasteiger partial charge in [0.25, 0.3) is 0 Å². The monoisotopic (exact) mass is 221 g/mol. The fourth-order valence-electron chi connectivity index (χ4n) is 2.94. The summed E-state index contributed by atoms with van der Waals surface area (Å²) in [4.78, 5) is 14.1. The predicted octanol–water partition coefficient (Wildman–Crippen LogP) is 0.889. The average molecular weight is 221 g/mol. The van der Waals surface area contributed by atoms with Crippen LogP contribution in [-0.2, 0) is 4.79 Å². The Morgan fingerprint density at radius 2 is 2.38 bits per heavy atom. The summed E-state index contributed by atoms with van der Waals surface area (Å²) in [6, 6.07) is 3.06. The zero-order valence-corrected chi connectivity index (χ0v) is 9.78. The van der Waals surface area contributed by atoms with Crippen LogP contribution in [0.3, 0.4) is 0 Å². The van der Waals surface area contributed by atoms with Crippen molar-refractivity contribution in [3.05, 3.63) is 0 Å². The largest absolute Gasteiger partial charge is 0.342 e. The van der Waals surface area contributed by atoms with Gasteiger partial charge in [-0.15, -0.1) is 0 Å². The van der Waals surface area contributed by atoms with E-state index >= 15 is 0 Å². The molecule has 0 radical (unpaired) electrons. The normalized spacial score (nSPS) is 31.4. The molecule has 2 fully saturated rings. The molecule has 3 unspecified atom stereocenters. The summed E-state index contributed by atoms with van der Waals surface area (Å²) in [6.07, 6.45) is 3.79. The number of rotatable bonds is 4. The van der Waals surface area contributed by atoms with Gasteiger partial charge in [0, 0.05) is 25.2 Å². The second kappa shape index (κ2) is 4.84. The molecule has 2 aliphatic heterocycles. The highest BCUT2D eigenvalue weighted by molar-refractivity contribution is 5.80. The molecule has 0 saturated carbocycles. The van der Waals surface area contributed by atoms with Crippen molar-refractivity contribution >= 4 is 5.91 Å². The first-order valence-corrected chi connectivity index (χ1v) is 6.18. The second-order valence-corrected chi connectivity index (χ2v) is 4.72. The summed E-state index contributed by atoms with van der Waals surface area (Å²) < 4.78 is 0. The molecule has 0 aliphatic carbocycles. The molecule has 0 aromatic carbocycles. The maximum atomic E-state index is 12.2. The molecule has 2 bridgehead atoms. The Hall–Kier alpha value is -1.08. The van der Waals surface area contributed by atoms with Crippen LogP contribution in [0.25, 0.3) is 0 Å². The first-order valence-electron chi connectivity index (χ1n) is 6.18. The number of nitrogens with one attached hydrogen (secondary N) is 1. The highest BCUT2D eigenvalue weighted by atomic mass is 16.2. The van der Waals surface area contributed by atoms with Crippen molar-refractivity contribution in [1.82, 2.24) is 10.2 Å². The fraction of sp³-hybridized carbons (Fsp3) is 0.833. The number of fused-ring (bicyclic) bond motifs is 2. The van der Waals surface area contributed by atoms with E-state index in [1.165, 1.54) is 6.42 Å². The number of nitriles is 1. The Morgan fingerprint density at radius 3 is 2.88 bits per heavy atom. The van der Waals surface area contributed by atoms with E-state index in [0.29, 0.717) is 31.6 Å².